The van der Waals surface area contributed by atoms with Gasteiger partial charge in [0, 0.05) is 0 Å². The van der Waals surface area contributed by atoms with Crippen LogP contribution in [-0.2, 0) is 0 Å². The summed E-state index contributed by atoms with van der Waals surface area (Å²) >= 11 is 0. The number of aromatic nitrogens is 3. The number of H-pyrrole nitrogens is 1. The Kier molecular flexibility index (Phi) is 6.21. The number of benzene rings is 2. The van der Waals surface area contributed by atoms with E-state index in [0.717, 1.165) is 11.0 Å². The van der Waals surface area contributed by atoms with Crippen LogP contribution in [0.1, 0.15) is 11.8 Å². The minimum absolute atomic E-state index is 0. The molecule has 0 saturated heterocycles. The molecule has 0 atom stereocenters. The Morgan fingerprint density at radius 1 is 0.947 bits per heavy atom. The molecule has 19 heavy (non-hydrogen) atoms. The number of aromatic carboxylic acids is 1. The minimum atomic E-state index is -0.879. The quantitative estimate of drug-likeness (QED) is 0.579. The molecule has 0 spiro atoms. The molecule has 0 aliphatic heterocycles. The summed E-state index contributed by atoms with van der Waals surface area (Å²) in [6.45, 7) is 0. The standard InChI is InChI=1S/C7H6O2.C6H5N3.Na.H/c8-7(9)6-4-2-1-3-5-6;1-2-4-6-5(3-1)7-9-8-6;;/h1-5H,(H,8,9);1-4H,(H,7,8,9);;/q;;+1;-1. The van der Waals surface area contributed by atoms with Crippen molar-refractivity contribution in [3.63, 3.8) is 0 Å². The van der Waals surface area contributed by atoms with Gasteiger partial charge >= 0.3 is 35.5 Å². The van der Waals surface area contributed by atoms with E-state index in [2.05, 4.69) is 15.4 Å². The molecular formula is C13H12N3NaO2. The molecule has 3 aromatic rings. The molecule has 0 saturated carbocycles. The Hall–Kier alpha value is -1.69. The van der Waals surface area contributed by atoms with Crippen LogP contribution >= 0.6 is 0 Å². The number of rotatable bonds is 1. The van der Waals surface area contributed by atoms with Crippen LogP contribution in [0.3, 0.4) is 0 Å². The molecule has 6 heteroatoms. The Morgan fingerprint density at radius 2 is 1.42 bits per heavy atom. The predicted octanol–water partition coefficient (Wildman–Crippen LogP) is -0.541. The van der Waals surface area contributed by atoms with Crippen LogP contribution in [-0.4, -0.2) is 26.5 Å². The van der Waals surface area contributed by atoms with Crippen molar-refractivity contribution in [3.05, 3.63) is 60.2 Å². The first kappa shape index (κ1) is 15.4. The topological polar surface area (TPSA) is 78.9 Å². The van der Waals surface area contributed by atoms with Gasteiger partial charge < -0.3 is 6.53 Å². The zero-order chi connectivity index (χ0) is 12.8. The van der Waals surface area contributed by atoms with Crippen LogP contribution in [0.4, 0.5) is 0 Å². The van der Waals surface area contributed by atoms with Gasteiger partial charge in [-0.25, -0.2) is 4.79 Å². The average Bonchev–Trinajstić information content (AvgIpc) is 2.89. The third-order valence-corrected chi connectivity index (χ3v) is 2.24. The molecule has 0 aliphatic carbocycles. The largest absolute Gasteiger partial charge is 1.00 e. The summed E-state index contributed by atoms with van der Waals surface area (Å²) in [4.78, 5) is 10.2. The van der Waals surface area contributed by atoms with Crippen LogP contribution in [0.25, 0.3) is 11.0 Å². The molecule has 2 aromatic carbocycles. The number of nitrogens with zero attached hydrogens (tertiary/aromatic N) is 2. The summed E-state index contributed by atoms with van der Waals surface area (Å²) in [6, 6.07) is 16.0. The van der Waals surface area contributed by atoms with E-state index < -0.39 is 5.97 Å². The summed E-state index contributed by atoms with van der Waals surface area (Å²) in [7, 11) is 0. The third-order valence-electron chi connectivity index (χ3n) is 2.24. The van der Waals surface area contributed by atoms with Gasteiger partial charge in [-0.05, 0) is 24.3 Å². The van der Waals surface area contributed by atoms with E-state index in [0.29, 0.717) is 5.56 Å². The van der Waals surface area contributed by atoms with Crippen molar-refractivity contribution in [2.75, 3.05) is 0 Å². The molecule has 3 rings (SSSR count). The summed E-state index contributed by atoms with van der Waals surface area (Å²) in [5.41, 5.74) is 2.16. The second-order valence-corrected chi connectivity index (χ2v) is 3.48. The first-order chi connectivity index (χ1) is 8.77. The van der Waals surface area contributed by atoms with Crippen LogP contribution < -0.4 is 29.6 Å². The van der Waals surface area contributed by atoms with Crippen LogP contribution in [0.15, 0.2) is 54.6 Å². The third kappa shape index (κ3) is 4.48. The monoisotopic (exact) mass is 265 g/mol. The van der Waals surface area contributed by atoms with Crippen molar-refractivity contribution in [1.82, 2.24) is 15.4 Å². The van der Waals surface area contributed by atoms with Gasteiger partial charge in [0.2, 0.25) is 0 Å². The molecular weight excluding hydrogens is 253 g/mol. The molecule has 0 fully saturated rings. The van der Waals surface area contributed by atoms with Gasteiger partial charge in [-0.1, -0.05) is 30.3 Å². The number of aromatic amines is 1. The van der Waals surface area contributed by atoms with E-state index >= 15 is 0 Å². The average molecular weight is 265 g/mol. The molecule has 1 aromatic heterocycles. The molecule has 0 unspecified atom stereocenters. The molecule has 1 heterocycles. The number of hydrogen-bond donors (Lipinski definition) is 2. The minimum Gasteiger partial charge on any atom is -1.00 e. The van der Waals surface area contributed by atoms with Crippen molar-refractivity contribution in [2.24, 2.45) is 0 Å². The number of carbonyl (C=O) groups is 1. The van der Waals surface area contributed by atoms with Gasteiger partial charge in [-0.3, -0.25) is 0 Å². The molecule has 92 valence electrons. The second-order valence-electron chi connectivity index (χ2n) is 3.48. The summed E-state index contributed by atoms with van der Waals surface area (Å²) in [5.74, 6) is -0.879. The Balaban J connectivity index is 0.000000328. The molecule has 0 bridgehead atoms. The van der Waals surface area contributed by atoms with Crippen molar-refractivity contribution in [2.45, 2.75) is 0 Å². The molecule has 0 aliphatic rings. The van der Waals surface area contributed by atoms with Gasteiger partial charge in [-0.15, -0.1) is 0 Å². The second kappa shape index (κ2) is 7.68. The molecule has 5 nitrogen and oxygen atoms in total. The Bertz CT molecular complexity index is 616. The fraction of sp³-hybridized carbons (Fsp3) is 0. The maximum absolute atomic E-state index is 10.2. The van der Waals surface area contributed by atoms with Gasteiger partial charge in [-0.2, -0.15) is 15.4 Å². The van der Waals surface area contributed by atoms with Gasteiger partial charge in [0.1, 0.15) is 11.0 Å². The maximum Gasteiger partial charge on any atom is 1.00 e. The van der Waals surface area contributed by atoms with Crippen molar-refractivity contribution in [3.8, 4) is 0 Å². The molecule has 2 N–H and O–H groups in total. The van der Waals surface area contributed by atoms with E-state index in [-0.39, 0.29) is 31.0 Å². The van der Waals surface area contributed by atoms with Crippen molar-refractivity contribution in [1.29, 1.82) is 0 Å². The normalized spacial score (nSPS) is 9.05. The molecule has 0 radical (unpaired) electrons. The van der Waals surface area contributed by atoms with Gasteiger partial charge in [0.25, 0.3) is 0 Å². The van der Waals surface area contributed by atoms with Gasteiger partial charge in [0.05, 0.1) is 5.56 Å². The number of nitrogens with one attached hydrogen (secondary N) is 1. The number of fused-ring (bicyclic) bond motifs is 1. The maximum atomic E-state index is 10.2. The number of hydrogen-bond acceptors (Lipinski definition) is 3. The smallest absolute Gasteiger partial charge is 1.00 e. The fourth-order valence-electron chi connectivity index (χ4n) is 1.37. The van der Waals surface area contributed by atoms with Gasteiger partial charge in [0.15, 0.2) is 0 Å². The SMILES string of the molecule is O=C(O)c1ccccc1.[H-].[Na+].c1ccc2n[nH]nc2c1. The first-order valence-corrected chi connectivity index (χ1v) is 5.31. The summed E-state index contributed by atoms with van der Waals surface area (Å²) in [6.07, 6.45) is 0. The Labute approximate surface area is 133 Å². The molecule has 0 amide bonds. The van der Waals surface area contributed by atoms with E-state index in [4.69, 9.17) is 5.11 Å². The predicted molar refractivity (Wildman–Crippen MR) is 68.4 cm³/mol. The summed E-state index contributed by atoms with van der Waals surface area (Å²) in [5, 5.41) is 18.7. The van der Waals surface area contributed by atoms with E-state index in [1.54, 1.807) is 30.3 Å². The summed E-state index contributed by atoms with van der Waals surface area (Å²) < 4.78 is 0. The van der Waals surface area contributed by atoms with E-state index in [1.807, 2.05) is 24.3 Å². The number of para-hydroxylation sites is 2. The fourth-order valence-corrected chi connectivity index (χ4v) is 1.37. The van der Waals surface area contributed by atoms with E-state index in [9.17, 15) is 4.79 Å². The Morgan fingerprint density at radius 3 is 1.84 bits per heavy atom. The first-order valence-electron chi connectivity index (χ1n) is 5.31. The zero-order valence-electron chi connectivity index (χ0n) is 11.4. The van der Waals surface area contributed by atoms with Crippen LogP contribution in [0.5, 0.6) is 0 Å². The van der Waals surface area contributed by atoms with Crippen LogP contribution in [0, 0.1) is 0 Å². The van der Waals surface area contributed by atoms with Crippen LogP contribution in [0.2, 0.25) is 0 Å². The number of carboxylic acid groups (broad SMARTS) is 1. The van der Waals surface area contributed by atoms with E-state index in [1.165, 1.54) is 0 Å². The zero-order valence-corrected chi connectivity index (χ0v) is 12.4. The van der Waals surface area contributed by atoms with Crippen molar-refractivity contribution >= 4 is 17.0 Å². The number of carboxylic acids is 1. The van der Waals surface area contributed by atoms with Crippen molar-refractivity contribution < 1.29 is 40.9 Å².